The van der Waals surface area contributed by atoms with Gasteiger partial charge in [0.15, 0.2) is 17.3 Å². The molecule has 27 heavy (non-hydrogen) atoms. The Bertz CT molecular complexity index is 1100. The quantitative estimate of drug-likeness (QED) is 0.590. The number of para-hydroxylation sites is 1. The normalized spacial score (nSPS) is 11.0. The Hall–Kier alpha value is -3.55. The Kier molecular flexibility index (Phi) is 4.37. The summed E-state index contributed by atoms with van der Waals surface area (Å²) in [5, 5.41) is 20.2. The largest absolute Gasteiger partial charge is 0.326 e. The minimum absolute atomic E-state index is 0.0762. The van der Waals surface area contributed by atoms with E-state index in [1.165, 1.54) is 0 Å². The molecule has 8 heteroatoms. The number of carbonyl (C=O) groups is 1. The molecule has 3 aromatic heterocycles. The van der Waals surface area contributed by atoms with Crippen LogP contribution in [0.15, 0.2) is 48.5 Å². The topological polar surface area (TPSA) is 90.0 Å². The molecule has 0 spiro atoms. The summed E-state index contributed by atoms with van der Waals surface area (Å²) in [5.74, 6) is 1.24. The van der Waals surface area contributed by atoms with Crippen molar-refractivity contribution in [1.29, 1.82) is 0 Å². The maximum atomic E-state index is 12.2. The van der Waals surface area contributed by atoms with Crippen LogP contribution in [0.1, 0.15) is 23.6 Å². The number of carbonyl (C=O) groups excluding carboxylic acids is 1. The second-order valence-corrected chi connectivity index (χ2v) is 6.33. The maximum Gasteiger partial charge on any atom is 0.224 e. The van der Waals surface area contributed by atoms with Crippen molar-refractivity contribution in [1.82, 2.24) is 29.6 Å². The van der Waals surface area contributed by atoms with Gasteiger partial charge in [0.2, 0.25) is 5.91 Å². The third-order valence-corrected chi connectivity index (χ3v) is 4.17. The third-order valence-electron chi connectivity index (χ3n) is 4.17. The fourth-order valence-electron chi connectivity index (χ4n) is 2.92. The molecule has 0 aliphatic heterocycles. The van der Waals surface area contributed by atoms with Crippen LogP contribution in [0.4, 0.5) is 5.69 Å². The first kappa shape index (κ1) is 16.9. The number of nitrogens with zero attached hydrogens (tertiary/aromatic N) is 6. The summed E-state index contributed by atoms with van der Waals surface area (Å²) >= 11 is 0. The first-order valence-corrected chi connectivity index (χ1v) is 8.70. The molecule has 4 rings (SSSR count). The Balaban J connectivity index is 1.53. The van der Waals surface area contributed by atoms with Crippen molar-refractivity contribution >= 4 is 17.2 Å². The number of aryl methyl sites for hydroxylation is 3. The van der Waals surface area contributed by atoms with E-state index in [2.05, 4.69) is 25.7 Å². The van der Waals surface area contributed by atoms with Gasteiger partial charge in [-0.1, -0.05) is 18.2 Å². The van der Waals surface area contributed by atoms with Gasteiger partial charge in [-0.05, 0) is 44.2 Å². The number of fused-ring (bicyclic) bond motifs is 1. The Labute approximate surface area is 155 Å². The average molecular weight is 361 g/mol. The van der Waals surface area contributed by atoms with Crippen molar-refractivity contribution in [3.8, 4) is 5.82 Å². The van der Waals surface area contributed by atoms with Crippen LogP contribution in [0, 0.1) is 13.8 Å². The summed E-state index contributed by atoms with van der Waals surface area (Å²) < 4.78 is 3.45. The van der Waals surface area contributed by atoms with E-state index in [4.69, 9.17) is 0 Å². The van der Waals surface area contributed by atoms with E-state index >= 15 is 0 Å². The van der Waals surface area contributed by atoms with E-state index in [1.54, 1.807) is 9.20 Å². The standard InChI is InChI=1S/C19H19N7O/c1-13-12-14(2)25(23-13)18-9-8-16-21-22-17(26(16)24-18)10-11-19(27)20-15-6-4-3-5-7-15/h3-9,12H,10-11H2,1-2H3,(H,20,27). The van der Waals surface area contributed by atoms with Gasteiger partial charge in [-0.25, -0.2) is 4.68 Å². The van der Waals surface area contributed by atoms with E-state index in [9.17, 15) is 4.79 Å². The molecular formula is C19H19N7O. The lowest BCUT2D eigenvalue weighted by Gasteiger charge is -2.06. The zero-order valence-corrected chi connectivity index (χ0v) is 15.1. The fraction of sp³-hybridized carbons (Fsp3) is 0.211. The average Bonchev–Trinajstić information content (AvgIpc) is 3.22. The number of rotatable bonds is 5. The molecule has 0 atom stereocenters. The van der Waals surface area contributed by atoms with Crippen molar-refractivity contribution in [2.24, 2.45) is 0 Å². The highest BCUT2D eigenvalue weighted by Crippen LogP contribution is 2.12. The molecule has 0 saturated heterocycles. The summed E-state index contributed by atoms with van der Waals surface area (Å²) in [4.78, 5) is 12.2. The third kappa shape index (κ3) is 3.55. The first-order valence-electron chi connectivity index (χ1n) is 8.70. The number of hydrogen-bond donors (Lipinski definition) is 1. The van der Waals surface area contributed by atoms with Crippen LogP contribution in [0.25, 0.3) is 11.5 Å². The van der Waals surface area contributed by atoms with E-state index in [0.717, 1.165) is 17.1 Å². The number of aromatic nitrogens is 6. The molecule has 136 valence electrons. The Morgan fingerprint density at radius 2 is 1.85 bits per heavy atom. The minimum atomic E-state index is -0.0762. The summed E-state index contributed by atoms with van der Waals surface area (Å²) in [6.45, 7) is 3.92. The lowest BCUT2D eigenvalue weighted by molar-refractivity contribution is -0.116. The van der Waals surface area contributed by atoms with Crippen molar-refractivity contribution in [3.63, 3.8) is 0 Å². The maximum absolute atomic E-state index is 12.2. The van der Waals surface area contributed by atoms with Crippen LogP contribution in [0.3, 0.4) is 0 Å². The zero-order chi connectivity index (χ0) is 18.8. The highest BCUT2D eigenvalue weighted by atomic mass is 16.1. The van der Waals surface area contributed by atoms with E-state index < -0.39 is 0 Å². The lowest BCUT2D eigenvalue weighted by Crippen LogP contribution is -2.14. The van der Waals surface area contributed by atoms with Crippen molar-refractivity contribution in [3.05, 3.63) is 65.7 Å². The molecule has 1 amide bonds. The lowest BCUT2D eigenvalue weighted by atomic mass is 10.2. The summed E-state index contributed by atoms with van der Waals surface area (Å²) in [7, 11) is 0. The van der Waals surface area contributed by atoms with Crippen molar-refractivity contribution in [2.45, 2.75) is 26.7 Å². The number of amides is 1. The van der Waals surface area contributed by atoms with Gasteiger partial charge in [0.25, 0.3) is 0 Å². The molecule has 0 aliphatic rings. The monoisotopic (exact) mass is 361 g/mol. The minimum Gasteiger partial charge on any atom is -0.326 e. The Morgan fingerprint density at radius 3 is 2.59 bits per heavy atom. The predicted molar refractivity (Wildman–Crippen MR) is 101 cm³/mol. The Morgan fingerprint density at radius 1 is 1.04 bits per heavy atom. The molecule has 0 bridgehead atoms. The molecular weight excluding hydrogens is 342 g/mol. The molecule has 0 radical (unpaired) electrons. The molecule has 8 nitrogen and oxygen atoms in total. The van der Waals surface area contributed by atoms with Gasteiger partial charge >= 0.3 is 0 Å². The molecule has 1 N–H and O–H groups in total. The van der Waals surface area contributed by atoms with Crippen LogP contribution < -0.4 is 5.32 Å². The molecule has 0 aliphatic carbocycles. The zero-order valence-electron chi connectivity index (χ0n) is 15.1. The van der Waals surface area contributed by atoms with E-state index in [-0.39, 0.29) is 5.91 Å². The smallest absolute Gasteiger partial charge is 0.224 e. The van der Waals surface area contributed by atoms with Gasteiger partial charge in [0.05, 0.1) is 5.69 Å². The van der Waals surface area contributed by atoms with Gasteiger partial charge in [0.1, 0.15) is 0 Å². The van der Waals surface area contributed by atoms with Crippen LogP contribution in [0.5, 0.6) is 0 Å². The van der Waals surface area contributed by atoms with Crippen LogP contribution in [-0.2, 0) is 11.2 Å². The van der Waals surface area contributed by atoms with Crippen LogP contribution in [-0.4, -0.2) is 35.5 Å². The van der Waals surface area contributed by atoms with Crippen molar-refractivity contribution < 1.29 is 4.79 Å². The van der Waals surface area contributed by atoms with Gasteiger partial charge in [-0.15, -0.1) is 15.3 Å². The van der Waals surface area contributed by atoms with E-state index in [1.807, 2.05) is 62.4 Å². The molecule has 0 fully saturated rings. The number of benzene rings is 1. The fourth-order valence-corrected chi connectivity index (χ4v) is 2.92. The highest BCUT2D eigenvalue weighted by molar-refractivity contribution is 5.90. The second-order valence-electron chi connectivity index (χ2n) is 6.33. The summed E-state index contributed by atoms with van der Waals surface area (Å²) in [6, 6.07) is 15.1. The predicted octanol–water partition coefficient (Wildman–Crippen LogP) is 2.50. The number of hydrogen-bond acceptors (Lipinski definition) is 5. The SMILES string of the molecule is Cc1cc(C)n(-c2ccc3nnc(CCC(=O)Nc4ccccc4)n3n2)n1. The molecule has 1 aromatic carbocycles. The first-order chi connectivity index (χ1) is 13.1. The van der Waals surface area contributed by atoms with Gasteiger partial charge in [-0.2, -0.15) is 9.61 Å². The van der Waals surface area contributed by atoms with Crippen molar-refractivity contribution in [2.75, 3.05) is 5.32 Å². The molecule has 0 saturated carbocycles. The summed E-state index contributed by atoms with van der Waals surface area (Å²) in [6.07, 6.45) is 0.731. The summed E-state index contributed by atoms with van der Waals surface area (Å²) in [5.41, 5.74) is 3.34. The highest BCUT2D eigenvalue weighted by Gasteiger charge is 2.12. The second kappa shape index (κ2) is 6.99. The molecule has 4 aromatic rings. The van der Waals surface area contributed by atoms with Gasteiger partial charge in [0, 0.05) is 24.2 Å². The van der Waals surface area contributed by atoms with Gasteiger partial charge in [-0.3, -0.25) is 4.79 Å². The van der Waals surface area contributed by atoms with Crippen LogP contribution in [0.2, 0.25) is 0 Å². The van der Waals surface area contributed by atoms with Crippen LogP contribution >= 0.6 is 0 Å². The molecule has 0 unspecified atom stereocenters. The number of anilines is 1. The molecule has 3 heterocycles. The van der Waals surface area contributed by atoms with E-state index in [0.29, 0.717) is 30.1 Å². The van der Waals surface area contributed by atoms with Gasteiger partial charge < -0.3 is 5.32 Å². The number of nitrogens with one attached hydrogen (secondary N) is 1.